The van der Waals surface area contributed by atoms with Crippen molar-refractivity contribution in [2.75, 3.05) is 0 Å². The van der Waals surface area contributed by atoms with E-state index in [1.165, 1.54) is 0 Å². The molecule has 0 fully saturated rings. The molecule has 2 aromatic carbocycles. The highest BCUT2D eigenvalue weighted by Gasteiger charge is 2.23. The van der Waals surface area contributed by atoms with E-state index in [-0.39, 0.29) is 5.41 Å². The van der Waals surface area contributed by atoms with Gasteiger partial charge in [0.25, 0.3) is 0 Å². The molecule has 0 radical (unpaired) electrons. The fourth-order valence-corrected chi connectivity index (χ4v) is 2.60. The number of phenolic OH excluding ortho intramolecular Hbond substituents is 1. The smallest absolute Gasteiger partial charge is 0.127 e. The Labute approximate surface area is 111 Å². The fraction of sp³-hybridized carbons (Fsp3) is 0.333. The molecule has 0 amide bonds. The van der Waals surface area contributed by atoms with Crippen LogP contribution in [-0.2, 0) is 5.41 Å². The van der Waals surface area contributed by atoms with Crippen LogP contribution in [0.25, 0.3) is 10.8 Å². The highest BCUT2D eigenvalue weighted by atomic mass is 79.9. The first-order valence-corrected chi connectivity index (χ1v) is 6.67. The summed E-state index contributed by atoms with van der Waals surface area (Å²) in [6.07, 6.45) is 0.991. The van der Waals surface area contributed by atoms with E-state index in [1.807, 2.05) is 30.3 Å². The van der Waals surface area contributed by atoms with E-state index in [9.17, 15) is 5.11 Å². The van der Waals surface area contributed by atoms with Crippen molar-refractivity contribution < 1.29 is 5.11 Å². The van der Waals surface area contributed by atoms with Gasteiger partial charge in [-0.05, 0) is 23.3 Å². The summed E-state index contributed by atoms with van der Waals surface area (Å²) >= 11 is 3.59. The van der Waals surface area contributed by atoms with E-state index >= 15 is 0 Å². The molecule has 17 heavy (non-hydrogen) atoms. The third-order valence-corrected chi connectivity index (χ3v) is 4.23. The summed E-state index contributed by atoms with van der Waals surface area (Å²) in [6.45, 7) is 6.45. The molecule has 2 aromatic rings. The first-order valence-electron chi connectivity index (χ1n) is 5.88. The summed E-state index contributed by atoms with van der Waals surface area (Å²) < 4.78 is 1.04. The second-order valence-corrected chi connectivity index (χ2v) is 5.89. The zero-order valence-corrected chi connectivity index (χ0v) is 12.0. The second kappa shape index (κ2) is 4.34. The second-order valence-electron chi connectivity index (χ2n) is 5.04. The van der Waals surface area contributed by atoms with Crippen molar-refractivity contribution in [1.29, 1.82) is 0 Å². The molecule has 0 saturated carbocycles. The first kappa shape index (κ1) is 12.4. The van der Waals surface area contributed by atoms with E-state index < -0.39 is 0 Å². The number of aromatic hydroxyl groups is 1. The predicted octanol–water partition coefficient (Wildman–Crippen LogP) is 5.00. The number of halogens is 1. The Morgan fingerprint density at radius 2 is 1.76 bits per heavy atom. The van der Waals surface area contributed by atoms with Gasteiger partial charge in [0.05, 0.1) is 0 Å². The van der Waals surface area contributed by atoms with Gasteiger partial charge in [-0.3, -0.25) is 0 Å². The molecule has 0 bridgehead atoms. The molecule has 1 nitrogen and oxygen atoms in total. The van der Waals surface area contributed by atoms with Crippen LogP contribution in [0.3, 0.4) is 0 Å². The molecule has 0 spiro atoms. The van der Waals surface area contributed by atoms with Crippen LogP contribution < -0.4 is 0 Å². The van der Waals surface area contributed by atoms with Gasteiger partial charge >= 0.3 is 0 Å². The van der Waals surface area contributed by atoms with Crippen LogP contribution >= 0.6 is 15.9 Å². The van der Waals surface area contributed by atoms with Crippen molar-refractivity contribution in [3.05, 3.63) is 40.4 Å². The zero-order valence-electron chi connectivity index (χ0n) is 10.4. The lowest BCUT2D eigenvalue weighted by Gasteiger charge is -2.25. The van der Waals surface area contributed by atoms with Crippen LogP contribution in [-0.4, -0.2) is 5.11 Å². The normalized spacial score (nSPS) is 12.0. The maximum absolute atomic E-state index is 10.4. The molecule has 0 aliphatic carbocycles. The minimum absolute atomic E-state index is 0.0172. The number of benzene rings is 2. The van der Waals surface area contributed by atoms with Gasteiger partial charge in [-0.25, -0.2) is 0 Å². The highest BCUT2D eigenvalue weighted by molar-refractivity contribution is 9.10. The molecule has 1 N–H and O–H groups in total. The third kappa shape index (κ3) is 2.06. The van der Waals surface area contributed by atoms with Crippen molar-refractivity contribution in [3.63, 3.8) is 0 Å². The van der Waals surface area contributed by atoms with E-state index in [0.29, 0.717) is 5.75 Å². The van der Waals surface area contributed by atoms with E-state index in [4.69, 9.17) is 0 Å². The molecular weight excluding hydrogens is 276 g/mol. The molecule has 2 rings (SSSR count). The molecule has 0 aliphatic heterocycles. The summed E-state index contributed by atoms with van der Waals surface area (Å²) in [5.74, 6) is 0.413. The third-order valence-electron chi connectivity index (χ3n) is 3.58. The summed E-state index contributed by atoms with van der Waals surface area (Å²) in [5.41, 5.74) is 0.988. The van der Waals surface area contributed by atoms with Gasteiger partial charge in [-0.2, -0.15) is 0 Å². The Morgan fingerprint density at radius 1 is 1.18 bits per heavy atom. The quantitative estimate of drug-likeness (QED) is 0.826. The maximum atomic E-state index is 10.4. The SMILES string of the molecule is CCC(C)(C)c1cc(Br)c2ccccc2c1O. The Hall–Kier alpha value is -1.02. The van der Waals surface area contributed by atoms with Crippen LogP contribution in [0.15, 0.2) is 34.8 Å². The molecule has 0 unspecified atom stereocenters. The van der Waals surface area contributed by atoms with Gasteiger partial charge in [0.15, 0.2) is 0 Å². The van der Waals surface area contributed by atoms with Crippen molar-refractivity contribution in [2.24, 2.45) is 0 Å². The minimum atomic E-state index is -0.0172. The zero-order chi connectivity index (χ0) is 12.6. The lowest BCUT2D eigenvalue weighted by Crippen LogP contribution is -2.15. The average molecular weight is 293 g/mol. The Kier molecular flexibility index (Phi) is 3.17. The standard InChI is InChI=1S/C15H17BrO/c1-4-15(2,3)12-9-13(16)10-7-5-6-8-11(10)14(12)17/h5-9,17H,4H2,1-3H3. The monoisotopic (exact) mass is 292 g/mol. The summed E-state index contributed by atoms with van der Waals surface area (Å²) in [5, 5.41) is 12.4. The number of phenols is 1. The van der Waals surface area contributed by atoms with Crippen LogP contribution in [0.2, 0.25) is 0 Å². The number of hydrogen-bond acceptors (Lipinski definition) is 1. The summed E-state index contributed by atoms with van der Waals surface area (Å²) in [6, 6.07) is 9.96. The predicted molar refractivity (Wildman–Crippen MR) is 76.6 cm³/mol. The largest absolute Gasteiger partial charge is 0.507 e. The van der Waals surface area contributed by atoms with Gasteiger partial charge in [-0.1, -0.05) is 61.0 Å². The van der Waals surface area contributed by atoms with Gasteiger partial charge in [0, 0.05) is 15.4 Å². The van der Waals surface area contributed by atoms with Crippen molar-refractivity contribution in [1.82, 2.24) is 0 Å². The summed E-state index contributed by atoms with van der Waals surface area (Å²) in [7, 11) is 0. The lowest BCUT2D eigenvalue weighted by molar-refractivity contribution is 0.433. The lowest BCUT2D eigenvalue weighted by atomic mass is 9.81. The van der Waals surface area contributed by atoms with Gasteiger partial charge in [0.2, 0.25) is 0 Å². The molecule has 0 aliphatic rings. The molecule has 0 atom stereocenters. The van der Waals surface area contributed by atoms with Crippen molar-refractivity contribution >= 4 is 26.7 Å². The first-order chi connectivity index (χ1) is 7.97. The Bertz CT molecular complexity index is 558. The Balaban J connectivity index is 2.80. The van der Waals surface area contributed by atoms with Gasteiger partial charge in [-0.15, -0.1) is 0 Å². The average Bonchev–Trinajstić information content (AvgIpc) is 2.33. The van der Waals surface area contributed by atoms with Gasteiger partial charge < -0.3 is 5.11 Å². The fourth-order valence-electron chi connectivity index (χ4n) is 2.02. The molecular formula is C15H17BrO. The van der Waals surface area contributed by atoms with E-state index in [1.54, 1.807) is 0 Å². The van der Waals surface area contributed by atoms with E-state index in [2.05, 4.69) is 36.7 Å². The molecule has 90 valence electrons. The summed E-state index contributed by atoms with van der Waals surface area (Å²) in [4.78, 5) is 0. The van der Waals surface area contributed by atoms with Crippen molar-refractivity contribution in [2.45, 2.75) is 32.6 Å². The van der Waals surface area contributed by atoms with Crippen LogP contribution in [0.4, 0.5) is 0 Å². The molecule has 2 heteroatoms. The van der Waals surface area contributed by atoms with Gasteiger partial charge in [0.1, 0.15) is 5.75 Å². The molecule has 0 aromatic heterocycles. The van der Waals surface area contributed by atoms with Crippen LogP contribution in [0, 0.1) is 0 Å². The highest BCUT2D eigenvalue weighted by Crippen LogP contribution is 2.41. The van der Waals surface area contributed by atoms with Crippen molar-refractivity contribution in [3.8, 4) is 5.75 Å². The maximum Gasteiger partial charge on any atom is 0.127 e. The number of hydrogen-bond donors (Lipinski definition) is 1. The minimum Gasteiger partial charge on any atom is -0.507 e. The molecule has 0 saturated heterocycles. The molecule has 0 heterocycles. The number of fused-ring (bicyclic) bond motifs is 1. The van der Waals surface area contributed by atoms with Crippen LogP contribution in [0.1, 0.15) is 32.8 Å². The number of rotatable bonds is 2. The Morgan fingerprint density at radius 3 is 2.35 bits per heavy atom. The van der Waals surface area contributed by atoms with E-state index in [0.717, 1.165) is 27.2 Å². The topological polar surface area (TPSA) is 20.2 Å². The van der Waals surface area contributed by atoms with Crippen LogP contribution in [0.5, 0.6) is 5.75 Å².